The third-order valence-corrected chi connectivity index (χ3v) is 5.87. The van der Waals surface area contributed by atoms with Crippen LogP contribution >= 0.6 is 23.2 Å². The number of carbonyl (C=O) groups excluding carboxylic acids is 1. The van der Waals surface area contributed by atoms with Crippen LogP contribution in [0.4, 0.5) is 11.4 Å². The van der Waals surface area contributed by atoms with E-state index in [0.717, 1.165) is 21.7 Å². The minimum Gasteiger partial charge on any atom is -0.324 e. The van der Waals surface area contributed by atoms with Crippen molar-refractivity contribution in [2.24, 2.45) is 0 Å². The number of rotatable bonds is 5. The van der Waals surface area contributed by atoms with Crippen molar-refractivity contribution in [2.45, 2.75) is 26.8 Å². The number of sulfonamides is 1. The van der Waals surface area contributed by atoms with Gasteiger partial charge in [-0.1, -0.05) is 40.9 Å². The van der Waals surface area contributed by atoms with Gasteiger partial charge in [0, 0.05) is 5.69 Å². The molecule has 2 aromatic carbocycles. The number of hydrogen-bond donors (Lipinski definition) is 1. The Bertz CT molecular complexity index is 945. The Morgan fingerprint density at radius 3 is 2.27 bits per heavy atom. The molecule has 1 amide bonds. The first-order valence-corrected chi connectivity index (χ1v) is 10.4. The molecule has 140 valence electrons. The van der Waals surface area contributed by atoms with Crippen LogP contribution in [0.3, 0.4) is 0 Å². The van der Waals surface area contributed by atoms with E-state index in [0.29, 0.717) is 10.7 Å². The molecule has 0 heterocycles. The normalized spacial score (nSPS) is 12.5. The zero-order valence-electron chi connectivity index (χ0n) is 14.9. The van der Waals surface area contributed by atoms with E-state index < -0.39 is 22.0 Å². The van der Waals surface area contributed by atoms with Crippen molar-refractivity contribution < 1.29 is 13.2 Å². The highest BCUT2D eigenvalue weighted by atomic mass is 35.5. The number of carbonyl (C=O) groups is 1. The average molecular weight is 415 g/mol. The van der Waals surface area contributed by atoms with Crippen molar-refractivity contribution in [2.75, 3.05) is 15.9 Å². The number of nitrogens with zero attached hydrogens (tertiary/aromatic N) is 1. The molecule has 0 radical (unpaired) electrons. The number of halogens is 2. The summed E-state index contributed by atoms with van der Waals surface area (Å²) in [6.45, 7) is 5.35. The first kappa shape index (κ1) is 20.6. The Kier molecular flexibility index (Phi) is 6.21. The van der Waals surface area contributed by atoms with Gasteiger partial charge >= 0.3 is 0 Å². The van der Waals surface area contributed by atoms with Crippen LogP contribution in [0.1, 0.15) is 18.1 Å². The Balaban J connectivity index is 2.35. The van der Waals surface area contributed by atoms with Gasteiger partial charge in [0.2, 0.25) is 15.9 Å². The predicted molar refractivity (Wildman–Crippen MR) is 108 cm³/mol. The molecule has 1 atom stereocenters. The molecule has 8 heteroatoms. The van der Waals surface area contributed by atoms with Crippen LogP contribution in [0.5, 0.6) is 0 Å². The van der Waals surface area contributed by atoms with Crippen molar-refractivity contribution in [3.63, 3.8) is 0 Å². The molecule has 0 aliphatic rings. The fraction of sp³-hybridized carbons (Fsp3) is 0.278. The molecule has 26 heavy (non-hydrogen) atoms. The number of aryl methyl sites for hydroxylation is 2. The Morgan fingerprint density at radius 1 is 1.08 bits per heavy atom. The van der Waals surface area contributed by atoms with Crippen LogP contribution < -0.4 is 9.62 Å². The molecule has 2 rings (SSSR count). The summed E-state index contributed by atoms with van der Waals surface area (Å²) >= 11 is 11.9. The molecule has 0 saturated carbocycles. The Hall–Kier alpha value is -1.76. The molecule has 2 aromatic rings. The highest BCUT2D eigenvalue weighted by Gasteiger charge is 2.29. The number of benzene rings is 2. The van der Waals surface area contributed by atoms with Crippen LogP contribution in [0.15, 0.2) is 36.4 Å². The van der Waals surface area contributed by atoms with Gasteiger partial charge in [-0.25, -0.2) is 8.42 Å². The second kappa shape index (κ2) is 7.86. The van der Waals surface area contributed by atoms with Crippen molar-refractivity contribution >= 4 is 50.5 Å². The molecule has 0 unspecified atom stereocenters. The second-order valence-electron chi connectivity index (χ2n) is 6.14. The number of amides is 1. The van der Waals surface area contributed by atoms with Crippen molar-refractivity contribution in [1.29, 1.82) is 0 Å². The molecule has 0 bridgehead atoms. The third-order valence-electron chi connectivity index (χ3n) is 3.89. The van der Waals surface area contributed by atoms with E-state index in [9.17, 15) is 13.2 Å². The zero-order chi connectivity index (χ0) is 19.6. The highest BCUT2D eigenvalue weighted by Crippen LogP contribution is 2.30. The molecular weight excluding hydrogens is 395 g/mol. The third kappa shape index (κ3) is 4.69. The minimum absolute atomic E-state index is 0.208. The van der Waals surface area contributed by atoms with Gasteiger partial charge in [-0.15, -0.1) is 0 Å². The van der Waals surface area contributed by atoms with Gasteiger partial charge in [-0.2, -0.15) is 0 Å². The maximum Gasteiger partial charge on any atom is 0.248 e. The van der Waals surface area contributed by atoms with Gasteiger partial charge < -0.3 is 5.32 Å². The Morgan fingerprint density at radius 2 is 1.73 bits per heavy atom. The summed E-state index contributed by atoms with van der Waals surface area (Å²) in [7, 11) is -3.73. The molecule has 0 aromatic heterocycles. The van der Waals surface area contributed by atoms with E-state index in [1.807, 2.05) is 26.0 Å². The van der Waals surface area contributed by atoms with Crippen LogP contribution in [0, 0.1) is 13.8 Å². The minimum atomic E-state index is -3.73. The van der Waals surface area contributed by atoms with Gasteiger partial charge in [0.25, 0.3) is 0 Å². The second-order valence-corrected chi connectivity index (χ2v) is 8.81. The van der Waals surface area contributed by atoms with E-state index in [1.54, 1.807) is 6.07 Å². The monoisotopic (exact) mass is 414 g/mol. The van der Waals surface area contributed by atoms with Gasteiger partial charge in [0.05, 0.1) is 22.0 Å². The molecule has 1 N–H and O–H groups in total. The number of nitrogens with one attached hydrogen (secondary N) is 1. The summed E-state index contributed by atoms with van der Waals surface area (Å²) in [5.74, 6) is -0.451. The molecule has 0 aliphatic heterocycles. The fourth-order valence-corrected chi connectivity index (χ4v) is 4.08. The summed E-state index contributed by atoms with van der Waals surface area (Å²) in [5.41, 5.74) is 2.87. The van der Waals surface area contributed by atoms with Gasteiger partial charge in [0.15, 0.2) is 0 Å². The lowest BCUT2D eigenvalue weighted by Gasteiger charge is -2.28. The maximum atomic E-state index is 12.7. The maximum absolute atomic E-state index is 12.7. The summed E-state index contributed by atoms with van der Waals surface area (Å²) in [6, 6.07) is 9.05. The fourth-order valence-electron chi connectivity index (χ4n) is 2.62. The SMILES string of the molecule is Cc1ccc(NC(=O)[C@H](C)N(c2ccc(Cl)c(Cl)c2)S(C)(=O)=O)c(C)c1. The molecule has 0 spiro atoms. The van der Waals surface area contributed by atoms with Gasteiger partial charge in [-0.3, -0.25) is 9.10 Å². The van der Waals surface area contributed by atoms with E-state index in [-0.39, 0.29) is 10.7 Å². The lowest BCUT2D eigenvalue weighted by Crippen LogP contribution is -2.45. The lowest BCUT2D eigenvalue weighted by atomic mass is 10.1. The summed E-state index contributed by atoms with van der Waals surface area (Å²) in [5, 5.41) is 3.29. The van der Waals surface area contributed by atoms with Crippen molar-refractivity contribution in [1.82, 2.24) is 0 Å². The van der Waals surface area contributed by atoms with Crippen molar-refractivity contribution in [3.05, 3.63) is 57.6 Å². The van der Waals surface area contributed by atoms with Crippen LogP contribution in [-0.4, -0.2) is 26.6 Å². The number of anilines is 2. The summed E-state index contributed by atoms with van der Waals surface area (Å²) < 4.78 is 25.6. The van der Waals surface area contributed by atoms with Crippen LogP contribution in [0.25, 0.3) is 0 Å². The van der Waals surface area contributed by atoms with E-state index >= 15 is 0 Å². The van der Waals surface area contributed by atoms with E-state index in [4.69, 9.17) is 23.2 Å². The highest BCUT2D eigenvalue weighted by molar-refractivity contribution is 7.92. The van der Waals surface area contributed by atoms with E-state index in [1.165, 1.54) is 25.1 Å². The van der Waals surface area contributed by atoms with E-state index in [2.05, 4.69) is 5.32 Å². The van der Waals surface area contributed by atoms with Crippen molar-refractivity contribution in [3.8, 4) is 0 Å². The average Bonchev–Trinajstić information content (AvgIpc) is 2.52. The van der Waals surface area contributed by atoms with Gasteiger partial charge in [0.1, 0.15) is 6.04 Å². The predicted octanol–water partition coefficient (Wildman–Crippen LogP) is 4.40. The number of hydrogen-bond acceptors (Lipinski definition) is 3. The molecule has 5 nitrogen and oxygen atoms in total. The summed E-state index contributed by atoms with van der Waals surface area (Å²) in [6.07, 6.45) is 1.04. The largest absolute Gasteiger partial charge is 0.324 e. The molecule has 0 saturated heterocycles. The zero-order valence-corrected chi connectivity index (χ0v) is 17.2. The topological polar surface area (TPSA) is 66.5 Å². The molecule has 0 aliphatic carbocycles. The summed E-state index contributed by atoms with van der Waals surface area (Å²) in [4.78, 5) is 12.7. The molecular formula is C18H20Cl2N2O3S. The van der Waals surface area contributed by atoms with Gasteiger partial charge in [-0.05, 0) is 50.6 Å². The lowest BCUT2D eigenvalue weighted by molar-refractivity contribution is -0.116. The first-order chi connectivity index (χ1) is 12.0. The van der Waals surface area contributed by atoms with Crippen LogP contribution in [-0.2, 0) is 14.8 Å². The first-order valence-electron chi connectivity index (χ1n) is 7.83. The Labute approximate surface area is 164 Å². The standard InChI is InChI=1S/C18H20Cl2N2O3S/c1-11-5-8-17(12(2)9-11)21-18(23)13(3)22(26(4,24)25)14-6-7-15(19)16(20)10-14/h5-10,13H,1-4H3,(H,21,23)/t13-/m0/s1. The molecule has 0 fully saturated rings. The van der Waals surface area contributed by atoms with Crippen LogP contribution in [0.2, 0.25) is 10.0 Å². The quantitative estimate of drug-likeness (QED) is 0.787. The smallest absolute Gasteiger partial charge is 0.248 e.